The van der Waals surface area contributed by atoms with E-state index in [2.05, 4.69) is 10.6 Å². The largest absolute Gasteiger partial charge is 0.491 e. The van der Waals surface area contributed by atoms with Crippen molar-refractivity contribution in [2.75, 3.05) is 26.9 Å². The first kappa shape index (κ1) is 35.6. The molecule has 45 heavy (non-hydrogen) atoms. The molecule has 3 atom stereocenters. The molecule has 13 heteroatoms. The van der Waals surface area contributed by atoms with Crippen LogP contribution in [0.25, 0.3) is 0 Å². The molecule has 0 bridgehead atoms. The number of alkyl halides is 3. The zero-order valence-electron chi connectivity index (χ0n) is 25.9. The van der Waals surface area contributed by atoms with Crippen LogP contribution in [0.4, 0.5) is 18.0 Å². The van der Waals surface area contributed by atoms with Gasteiger partial charge in [-0.2, -0.15) is 13.2 Å². The predicted molar refractivity (Wildman–Crippen MR) is 157 cm³/mol. The summed E-state index contributed by atoms with van der Waals surface area (Å²) in [6, 6.07) is 8.73. The molecule has 0 spiro atoms. The first-order valence-corrected chi connectivity index (χ1v) is 14.7. The molecule has 248 valence electrons. The second kappa shape index (κ2) is 16.5. The highest BCUT2D eigenvalue weighted by atomic mass is 19.4. The van der Waals surface area contributed by atoms with Gasteiger partial charge in [-0.05, 0) is 75.4 Å². The molecule has 0 aliphatic carbocycles. The number of hydrogen-bond donors (Lipinski definition) is 2. The summed E-state index contributed by atoms with van der Waals surface area (Å²) < 4.78 is 66.0. The van der Waals surface area contributed by atoms with Crippen molar-refractivity contribution in [3.63, 3.8) is 0 Å². The van der Waals surface area contributed by atoms with Crippen LogP contribution in [0.3, 0.4) is 0 Å². The van der Waals surface area contributed by atoms with Crippen molar-refractivity contribution in [2.45, 2.75) is 83.0 Å². The third-order valence-corrected chi connectivity index (χ3v) is 6.69. The molecule has 0 radical (unpaired) electrons. The summed E-state index contributed by atoms with van der Waals surface area (Å²) >= 11 is 0. The van der Waals surface area contributed by atoms with Crippen LogP contribution in [-0.2, 0) is 47.6 Å². The van der Waals surface area contributed by atoms with Crippen molar-refractivity contribution in [3.05, 3.63) is 65.2 Å². The van der Waals surface area contributed by atoms with E-state index in [1.54, 1.807) is 45.0 Å². The Hall–Kier alpha value is -3.84. The lowest BCUT2D eigenvalue weighted by molar-refractivity contribution is -0.165. The zero-order chi connectivity index (χ0) is 33.0. The second-order valence-electron chi connectivity index (χ2n) is 11.5. The molecule has 3 rings (SSSR count). The van der Waals surface area contributed by atoms with E-state index in [1.165, 1.54) is 12.1 Å². The molecule has 2 unspecified atom stereocenters. The third-order valence-electron chi connectivity index (χ3n) is 6.69. The minimum absolute atomic E-state index is 0.0294. The number of esters is 1. The highest BCUT2D eigenvalue weighted by molar-refractivity contribution is 5.90. The summed E-state index contributed by atoms with van der Waals surface area (Å²) in [6.07, 6.45) is -2.72. The summed E-state index contributed by atoms with van der Waals surface area (Å²) in [5, 5.41) is 5.12. The van der Waals surface area contributed by atoms with E-state index < -0.39 is 47.4 Å². The van der Waals surface area contributed by atoms with Gasteiger partial charge >= 0.3 is 18.2 Å². The maximum atomic E-state index is 13.4. The lowest BCUT2D eigenvalue weighted by Crippen LogP contribution is -2.53. The molecule has 1 fully saturated rings. The fourth-order valence-corrected chi connectivity index (χ4v) is 4.47. The fourth-order valence-electron chi connectivity index (χ4n) is 4.47. The van der Waals surface area contributed by atoms with Crippen molar-refractivity contribution in [3.8, 4) is 5.75 Å². The normalized spacial score (nSPS) is 16.6. The lowest BCUT2D eigenvalue weighted by Gasteiger charge is -2.25. The minimum atomic E-state index is -4.52. The summed E-state index contributed by atoms with van der Waals surface area (Å²) in [5.41, 5.74) is -0.649. The van der Waals surface area contributed by atoms with Crippen LogP contribution in [-0.4, -0.2) is 68.9 Å². The summed E-state index contributed by atoms with van der Waals surface area (Å²) in [6.45, 7) is 6.39. The average molecular weight is 639 g/mol. The Bertz CT molecular complexity index is 1240. The minimum Gasteiger partial charge on any atom is -0.491 e. The van der Waals surface area contributed by atoms with Crippen molar-refractivity contribution in [1.82, 2.24) is 10.6 Å². The van der Waals surface area contributed by atoms with E-state index in [0.29, 0.717) is 36.7 Å². The van der Waals surface area contributed by atoms with Crippen LogP contribution in [0.5, 0.6) is 5.75 Å². The second-order valence-corrected chi connectivity index (χ2v) is 11.5. The van der Waals surface area contributed by atoms with Gasteiger partial charge in [-0.1, -0.05) is 24.3 Å². The number of carbonyl (C=O) groups is 3. The monoisotopic (exact) mass is 638 g/mol. The van der Waals surface area contributed by atoms with Gasteiger partial charge in [0.1, 0.15) is 30.0 Å². The van der Waals surface area contributed by atoms with Gasteiger partial charge in [0, 0.05) is 19.4 Å². The van der Waals surface area contributed by atoms with Crippen LogP contribution in [0.1, 0.15) is 56.7 Å². The third kappa shape index (κ3) is 12.6. The maximum Gasteiger partial charge on any atom is 0.416 e. The topological polar surface area (TPSA) is 121 Å². The first-order valence-electron chi connectivity index (χ1n) is 14.7. The zero-order valence-corrected chi connectivity index (χ0v) is 25.9. The van der Waals surface area contributed by atoms with Gasteiger partial charge in [-0.15, -0.1) is 0 Å². The van der Waals surface area contributed by atoms with Crippen molar-refractivity contribution >= 4 is 18.0 Å². The van der Waals surface area contributed by atoms with E-state index in [0.717, 1.165) is 38.5 Å². The number of halogens is 3. The fraction of sp³-hybridized carbons (Fsp3) is 0.531. The number of nitrogens with one attached hydrogen (secondary N) is 2. The maximum absolute atomic E-state index is 13.4. The Morgan fingerprint density at radius 1 is 0.889 bits per heavy atom. The molecular formula is C32H41F3N2O8. The van der Waals surface area contributed by atoms with Crippen molar-refractivity contribution < 1.29 is 51.2 Å². The van der Waals surface area contributed by atoms with Gasteiger partial charge in [-0.25, -0.2) is 9.59 Å². The van der Waals surface area contributed by atoms with Gasteiger partial charge in [0.25, 0.3) is 0 Å². The van der Waals surface area contributed by atoms with Crippen molar-refractivity contribution in [2.24, 2.45) is 0 Å². The number of hydrogen-bond acceptors (Lipinski definition) is 8. The molecule has 0 saturated carbocycles. The molecule has 2 aromatic carbocycles. The number of methoxy groups -OCH3 is 1. The Labute approximate surface area is 260 Å². The van der Waals surface area contributed by atoms with Crippen LogP contribution < -0.4 is 15.4 Å². The van der Waals surface area contributed by atoms with Gasteiger partial charge in [0.05, 0.1) is 19.3 Å². The molecule has 10 nitrogen and oxygen atoms in total. The molecule has 1 aliphatic heterocycles. The number of benzene rings is 2. The molecule has 2 N–H and O–H groups in total. The van der Waals surface area contributed by atoms with Crippen LogP contribution in [0.15, 0.2) is 48.5 Å². The smallest absolute Gasteiger partial charge is 0.416 e. The summed E-state index contributed by atoms with van der Waals surface area (Å²) in [5.74, 6) is -0.944. The van der Waals surface area contributed by atoms with E-state index in [1.807, 2.05) is 0 Å². The molecule has 2 aromatic rings. The molecular weight excluding hydrogens is 597 g/mol. The molecule has 0 aromatic heterocycles. The van der Waals surface area contributed by atoms with E-state index in [9.17, 15) is 27.6 Å². The highest BCUT2D eigenvalue weighted by Gasteiger charge is 2.32. The molecule has 1 heterocycles. The van der Waals surface area contributed by atoms with Crippen LogP contribution in [0, 0.1) is 0 Å². The highest BCUT2D eigenvalue weighted by Crippen LogP contribution is 2.29. The quantitative estimate of drug-likeness (QED) is 0.233. The number of ether oxygens (including phenoxy) is 5. The van der Waals surface area contributed by atoms with Crippen molar-refractivity contribution in [1.29, 1.82) is 0 Å². The van der Waals surface area contributed by atoms with E-state index in [4.69, 9.17) is 23.7 Å². The van der Waals surface area contributed by atoms with Crippen LogP contribution >= 0.6 is 0 Å². The number of amides is 2. The summed E-state index contributed by atoms with van der Waals surface area (Å²) in [7, 11) is 1.13. The number of rotatable bonds is 13. The van der Waals surface area contributed by atoms with Gasteiger partial charge < -0.3 is 34.3 Å². The van der Waals surface area contributed by atoms with E-state index in [-0.39, 0.29) is 19.1 Å². The summed E-state index contributed by atoms with van der Waals surface area (Å²) in [4.78, 5) is 38.6. The molecule has 1 saturated heterocycles. The number of alkyl carbamates (subject to hydrolysis) is 1. The molecule has 1 aliphatic rings. The standard InChI is InChI=1S/C32H41F3N2O8/c1-31(2,3)45-30(40)37-25(19-22-10-14-24(15-11-22)42-17-18-44-27-7-5-6-16-43-27)28(38)36-26(29(39)41-4)20-21-8-12-23(13-9-21)32(33,34)35/h8-15,25-27H,5-7,16-20H2,1-4H3,(H,36,38)(H,37,40)/t25-,26?,27?/m0/s1. The Balaban J connectivity index is 1.66. The lowest BCUT2D eigenvalue weighted by atomic mass is 10.0. The van der Waals surface area contributed by atoms with Gasteiger partial charge in [-0.3, -0.25) is 4.79 Å². The average Bonchev–Trinajstić information content (AvgIpc) is 2.98. The molecule has 2 amide bonds. The van der Waals surface area contributed by atoms with E-state index >= 15 is 0 Å². The Morgan fingerprint density at radius 3 is 2.07 bits per heavy atom. The van der Waals surface area contributed by atoms with Gasteiger partial charge in [0.2, 0.25) is 5.91 Å². The Kier molecular flexibility index (Phi) is 13.0. The SMILES string of the molecule is COC(=O)C(Cc1ccc(C(F)(F)F)cc1)NC(=O)[C@H](Cc1ccc(OCCOC2CCCCO2)cc1)NC(=O)OC(C)(C)C. The van der Waals surface area contributed by atoms with Gasteiger partial charge in [0.15, 0.2) is 6.29 Å². The predicted octanol–water partition coefficient (Wildman–Crippen LogP) is 4.96. The Morgan fingerprint density at radius 2 is 1.51 bits per heavy atom. The van der Waals surface area contributed by atoms with Crippen LogP contribution in [0.2, 0.25) is 0 Å². The number of carbonyl (C=O) groups excluding carboxylic acids is 3. The first-order chi connectivity index (χ1) is 21.2.